The van der Waals surface area contributed by atoms with Crippen LogP contribution in [0.2, 0.25) is 0 Å². The van der Waals surface area contributed by atoms with Crippen molar-refractivity contribution in [3.05, 3.63) is 57.2 Å². The maximum absolute atomic E-state index is 12.4. The molecule has 0 radical (unpaired) electrons. The lowest BCUT2D eigenvalue weighted by Crippen LogP contribution is -2.45. The molecule has 42 heavy (non-hydrogen) atoms. The highest BCUT2D eigenvalue weighted by Gasteiger charge is 2.32. The number of urea groups is 1. The number of nitrogens with zero attached hydrogens (tertiary/aromatic N) is 1. The Kier molecular flexibility index (Phi) is 11.4. The van der Waals surface area contributed by atoms with E-state index in [9.17, 15) is 19.5 Å². The van der Waals surface area contributed by atoms with E-state index in [0.717, 1.165) is 0 Å². The highest BCUT2D eigenvalue weighted by molar-refractivity contribution is 9.10. The number of rotatable bonds is 14. The van der Waals surface area contributed by atoms with Gasteiger partial charge >= 0.3 is 18.0 Å². The van der Waals surface area contributed by atoms with Crippen LogP contribution in [-0.4, -0.2) is 74.7 Å². The number of hydrogen-bond acceptors (Lipinski definition) is 11. The minimum Gasteiger partial charge on any atom is -0.493 e. The summed E-state index contributed by atoms with van der Waals surface area (Å²) in [5.74, 6) is -0.555. The first-order valence-electron chi connectivity index (χ1n) is 12.5. The number of amides is 2. The summed E-state index contributed by atoms with van der Waals surface area (Å²) in [5, 5.41) is 28.5. The van der Waals surface area contributed by atoms with Crippen molar-refractivity contribution in [1.82, 2.24) is 16.1 Å². The number of ether oxygens (including phenoxy) is 5. The number of nitrogens with one attached hydrogen (secondary N) is 3. The number of aliphatic carboxylic acids is 1. The topological polar surface area (TPSA) is 186 Å². The van der Waals surface area contributed by atoms with Crippen molar-refractivity contribution in [2.24, 2.45) is 5.10 Å². The predicted octanol–water partition coefficient (Wildman–Crippen LogP) is 2.44. The summed E-state index contributed by atoms with van der Waals surface area (Å²) < 4.78 is 27.3. The molecular formula is C27H31BrN4O10. The van der Waals surface area contributed by atoms with E-state index in [1.807, 2.05) is 0 Å². The van der Waals surface area contributed by atoms with E-state index in [1.165, 1.54) is 20.4 Å². The zero-order valence-electron chi connectivity index (χ0n) is 23.2. The molecule has 3 rings (SSSR count). The molecule has 0 saturated carbocycles. The van der Waals surface area contributed by atoms with Crippen molar-refractivity contribution in [3.63, 3.8) is 0 Å². The molecule has 14 nitrogen and oxygen atoms in total. The fraction of sp³-hybridized carbons (Fsp3) is 0.333. The number of allylic oxidation sites excluding steroid dienone is 1. The molecular weight excluding hydrogens is 620 g/mol. The third-order valence-electron chi connectivity index (χ3n) is 5.70. The highest BCUT2D eigenvalue weighted by Crippen LogP contribution is 2.37. The summed E-state index contributed by atoms with van der Waals surface area (Å²) in [4.78, 5) is 35.3. The van der Waals surface area contributed by atoms with Gasteiger partial charge in [0.15, 0.2) is 35.8 Å². The van der Waals surface area contributed by atoms with Crippen molar-refractivity contribution in [2.45, 2.75) is 26.1 Å². The SMILES string of the molecule is CCOc1cc([C@H]2NC(=O)NC(C)=C2C(=O)OC)ccc1OC[C@@H](O)N/N=C\c1cc(Br)c(OCC(=O)O)c(OC)c1. The number of carboxylic acids is 1. The van der Waals surface area contributed by atoms with Crippen molar-refractivity contribution in [2.75, 3.05) is 34.0 Å². The molecule has 0 bridgehead atoms. The van der Waals surface area contributed by atoms with Crippen LogP contribution in [0.3, 0.4) is 0 Å². The van der Waals surface area contributed by atoms with Gasteiger partial charge in [0.2, 0.25) is 0 Å². The Hall–Kier alpha value is -4.50. The van der Waals surface area contributed by atoms with Crippen LogP contribution < -0.4 is 35.0 Å². The molecule has 2 aromatic carbocycles. The molecule has 2 atom stereocenters. The average molecular weight is 651 g/mol. The number of hydrogen-bond donors (Lipinski definition) is 5. The molecule has 0 spiro atoms. The number of aliphatic hydroxyl groups excluding tert-OH is 1. The number of halogens is 1. The van der Waals surface area contributed by atoms with E-state index in [0.29, 0.717) is 39.4 Å². The van der Waals surface area contributed by atoms with Gasteiger partial charge in [0.25, 0.3) is 0 Å². The Balaban J connectivity index is 1.68. The zero-order chi connectivity index (χ0) is 30.8. The molecule has 0 aromatic heterocycles. The van der Waals surface area contributed by atoms with Crippen LogP contribution in [0.5, 0.6) is 23.0 Å². The second kappa shape index (κ2) is 14.9. The number of carboxylic acid groups (broad SMARTS) is 1. The molecule has 0 saturated heterocycles. The molecule has 0 fully saturated rings. The number of carbonyl (C=O) groups excluding carboxylic acids is 2. The summed E-state index contributed by atoms with van der Waals surface area (Å²) in [6, 6.07) is 6.88. The quantitative estimate of drug-likeness (QED) is 0.0875. The number of aliphatic hydroxyl groups is 1. The number of methoxy groups -OCH3 is 2. The van der Waals surface area contributed by atoms with Crippen LogP contribution in [0.1, 0.15) is 31.0 Å². The summed E-state index contributed by atoms with van der Waals surface area (Å²) >= 11 is 3.32. The maximum Gasteiger partial charge on any atom is 0.341 e. The third-order valence-corrected chi connectivity index (χ3v) is 6.29. The van der Waals surface area contributed by atoms with Crippen molar-refractivity contribution in [1.29, 1.82) is 0 Å². The fourth-order valence-corrected chi connectivity index (χ4v) is 4.48. The van der Waals surface area contributed by atoms with Gasteiger partial charge in [-0.05, 0) is 65.2 Å². The Morgan fingerprint density at radius 2 is 1.90 bits per heavy atom. The number of carbonyl (C=O) groups is 3. The molecule has 1 heterocycles. The van der Waals surface area contributed by atoms with E-state index < -0.39 is 36.8 Å². The molecule has 226 valence electrons. The van der Waals surface area contributed by atoms with Crippen LogP contribution in [0.15, 0.2) is 51.2 Å². The number of hydrazone groups is 1. The normalized spacial score (nSPS) is 15.4. The largest absolute Gasteiger partial charge is 0.493 e. The van der Waals surface area contributed by atoms with E-state index in [-0.39, 0.29) is 23.7 Å². The van der Waals surface area contributed by atoms with Crippen LogP contribution in [-0.2, 0) is 14.3 Å². The number of esters is 1. The van der Waals surface area contributed by atoms with Gasteiger partial charge in [0.05, 0.1) is 43.1 Å². The second-order valence-electron chi connectivity index (χ2n) is 8.63. The average Bonchev–Trinajstić information content (AvgIpc) is 2.94. The van der Waals surface area contributed by atoms with Gasteiger partial charge in [-0.25, -0.2) is 14.4 Å². The van der Waals surface area contributed by atoms with Crippen molar-refractivity contribution < 1.29 is 48.3 Å². The zero-order valence-corrected chi connectivity index (χ0v) is 24.8. The van der Waals surface area contributed by atoms with Crippen molar-refractivity contribution in [3.8, 4) is 23.0 Å². The smallest absolute Gasteiger partial charge is 0.341 e. The van der Waals surface area contributed by atoms with E-state index in [1.54, 1.807) is 44.2 Å². The lowest BCUT2D eigenvalue weighted by atomic mass is 9.95. The predicted molar refractivity (Wildman–Crippen MR) is 153 cm³/mol. The molecule has 1 aliphatic rings. The number of benzene rings is 2. The van der Waals surface area contributed by atoms with Gasteiger partial charge in [-0.15, -0.1) is 0 Å². The molecule has 15 heteroatoms. The van der Waals surface area contributed by atoms with Gasteiger partial charge in [-0.1, -0.05) is 6.07 Å². The third kappa shape index (κ3) is 8.27. The molecule has 2 aromatic rings. The Morgan fingerprint density at radius 3 is 2.57 bits per heavy atom. The van der Waals surface area contributed by atoms with E-state index in [4.69, 9.17) is 28.8 Å². The minimum absolute atomic E-state index is 0.206. The maximum atomic E-state index is 12.4. The summed E-state index contributed by atoms with van der Waals surface area (Å²) in [6.07, 6.45) is 0.207. The van der Waals surface area contributed by atoms with Crippen LogP contribution in [0.25, 0.3) is 0 Å². The first kappa shape index (κ1) is 32.0. The van der Waals surface area contributed by atoms with Gasteiger partial charge in [-0.3, -0.25) is 5.43 Å². The Bertz CT molecular complexity index is 1380. The summed E-state index contributed by atoms with van der Waals surface area (Å²) in [6.45, 7) is 2.96. The first-order chi connectivity index (χ1) is 20.1. The standard InChI is InChI=1S/C27H31BrN4O10/c1-5-40-19-10-16(24-23(26(36)39-4)14(2)30-27(37)31-24)6-7-18(19)41-12-21(33)32-29-11-15-8-17(28)25(20(9-15)38-3)42-13-22(34)35/h6-11,21,24,32-33H,5,12-13H2,1-4H3,(H,34,35)(H2,30,31,37)/b29-11-/t21-,24-/m1/s1. The minimum atomic E-state index is -1.21. The van der Waals surface area contributed by atoms with E-state index in [2.05, 4.69) is 37.1 Å². The van der Waals surface area contributed by atoms with Gasteiger partial charge < -0.3 is 44.5 Å². The van der Waals surface area contributed by atoms with Crippen LogP contribution >= 0.6 is 15.9 Å². The Morgan fingerprint density at radius 1 is 1.14 bits per heavy atom. The molecule has 0 unspecified atom stereocenters. The fourth-order valence-electron chi connectivity index (χ4n) is 3.91. The van der Waals surface area contributed by atoms with E-state index >= 15 is 0 Å². The van der Waals surface area contributed by atoms with Crippen LogP contribution in [0.4, 0.5) is 4.79 Å². The molecule has 0 aliphatic carbocycles. The highest BCUT2D eigenvalue weighted by atomic mass is 79.9. The summed E-state index contributed by atoms with van der Waals surface area (Å²) in [7, 11) is 2.67. The van der Waals surface area contributed by atoms with Gasteiger partial charge in [0.1, 0.15) is 6.61 Å². The van der Waals surface area contributed by atoms with Crippen molar-refractivity contribution >= 4 is 40.1 Å². The van der Waals surface area contributed by atoms with Crippen LogP contribution in [0, 0.1) is 0 Å². The monoisotopic (exact) mass is 650 g/mol. The first-order valence-corrected chi connectivity index (χ1v) is 13.3. The Labute approximate surface area is 249 Å². The van der Waals surface area contributed by atoms with Gasteiger partial charge in [0, 0.05) is 5.70 Å². The molecule has 1 aliphatic heterocycles. The van der Waals surface area contributed by atoms with Gasteiger partial charge in [-0.2, -0.15) is 5.10 Å². The molecule has 5 N–H and O–H groups in total. The lowest BCUT2D eigenvalue weighted by Gasteiger charge is -2.28. The lowest BCUT2D eigenvalue weighted by molar-refractivity contribution is -0.139. The molecule has 2 amide bonds. The second-order valence-corrected chi connectivity index (χ2v) is 9.49. The summed E-state index contributed by atoms with van der Waals surface area (Å²) in [5.41, 5.74) is 4.29.